The van der Waals surface area contributed by atoms with E-state index in [0.717, 1.165) is 33.9 Å². The number of fused-ring (bicyclic) bond motifs is 9. The van der Waals surface area contributed by atoms with Crippen molar-refractivity contribution in [2.45, 2.75) is 19.3 Å². The molecule has 1 aliphatic heterocycles. The number of hydrogen-bond acceptors (Lipinski definition) is 2. The van der Waals surface area contributed by atoms with Gasteiger partial charge in [0.2, 0.25) is 0 Å². The van der Waals surface area contributed by atoms with Crippen LogP contribution in [-0.2, 0) is 5.41 Å². The average Bonchev–Trinajstić information content (AvgIpc) is 3.87. The van der Waals surface area contributed by atoms with Crippen LogP contribution in [0.2, 0.25) is 0 Å². The molecule has 0 fully saturated rings. The van der Waals surface area contributed by atoms with Crippen LogP contribution in [0.25, 0.3) is 72.4 Å². The molecule has 2 aromatic heterocycles. The zero-order valence-electron chi connectivity index (χ0n) is 32.9. The van der Waals surface area contributed by atoms with Crippen molar-refractivity contribution >= 4 is 52.8 Å². The molecule has 0 N–H and O–H groups in total. The van der Waals surface area contributed by atoms with Gasteiger partial charge in [-0.15, -0.1) is 0 Å². The van der Waals surface area contributed by atoms with Gasteiger partial charge in [-0.05, 0) is 0 Å². The molecule has 10 aromatic rings. The Morgan fingerprint density at radius 3 is 1.80 bits per heavy atom. The Morgan fingerprint density at radius 2 is 1.05 bits per heavy atom. The minimum atomic E-state index is -3.73. The van der Waals surface area contributed by atoms with Crippen LogP contribution in [0.5, 0.6) is 0 Å². The second-order valence-electron chi connectivity index (χ2n) is 16.5. The van der Waals surface area contributed by atoms with Crippen molar-refractivity contribution in [2.24, 2.45) is 0 Å². The van der Waals surface area contributed by atoms with Crippen LogP contribution >= 0.6 is 0 Å². The van der Waals surface area contributed by atoms with Crippen molar-refractivity contribution in [3.05, 3.63) is 211 Å². The molecule has 3 heterocycles. The third kappa shape index (κ3) is 4.77. The van der Waals surface area contributed by atoms with Gasteiger partial charge in [-0.3, -0.25) is 0 Å². The summed E-state index contributed by atoms with van der Waals surface area (Å²) in [5, 5.41) is 2.50. The van der Waals surface area contributed by atoms with Crippen molar-refractivity contribution in [3.8, 4) is 50.6 Å². The van der Waals surface area contributed by atoms with Crippen molar-refractivity contribution in [1.82, 2.24) is 14.5 Å². The van der Waals surface area contributed by atoms with Gasteiger partial charge in [-0.25, -0.2) is 0 Å². The molecular formula is C55H39GeN3. The van der Waals surface area contributed by atoms with Gasteiger partial charge >= 0.3 is 342 Å². The van der Waals surface area contributed by atoms with Gasteiger partial charge in [0.15, 0.2) is 0 Å². The number of para-hydroxylation sites is 2. The SMILES string of the molecule is CC1(C)c2ccccc2-c2cc3c(cc21)c1ccccc1n3-c1ccccc1-c1nc(-c2ccccc2)c2[c](n1)[Ge]([c]1ccccc1)([c]1ccccc1)[c]1ccccc1-2. The second kappa shape index (κ2) is 12.8. The van der Waals surface area contributed by atoms with Crippen molar-refractivity contribution in [1.29, 1.82) is 0 Å². The third-order valence-electron chi connectivity index (χ3n) is 13.1. The van der Waals surface area contributed by atoms with Gasteiger partial charge in [0.05, 0.1) is 0 Å². The summed E-state index contributed by atoms with van der Waals surface area (Å²) in [4.78, 5) is 11.6. The first kappa shape index (κ1) is 34.2. The van der Waals surface area contributed by atoms with Gasteiger partial charge in [-0.2, -0.15) is 0 Å². The Bertz CT molecular complexity index is 3250. The molecule has 0 saturated heterocycles. The number of nitrogens with zero attached hydrogens (tertiary/aromatic N) is 3. The van der Waals surface area contributed by atoms with E-state index in [9.17, 15) is 0 Å². The van der Waals surface area contributed by atoms with Crippen LogP contribution < -0.4 is 17.7 Å². The molecule has 4 heteroatoms. The van der Waals surface area contributed by atoms with Crippen LogP contribution in [0, 0.1) is 0 Å². The van der Waals surface area contributed by atoms with Crippen LogP contribution in [0.15, 0.2) is 200 Å². The first-order chi connectivity index (χ1) is 29.0. The fourth-order valence-corrected chi connectivity index (χ4v) is 21.0. The normalized spacial score (nSPS) is 14.2. The van der Waals surface area contributed by atoms with E-state index in [0.29, 0.717) is 0 Å². The molecule has 0 unspecified atom stereocenters. The number of aromatic nitrogens is 3. The standard InChI is InChI=1S/C55H39GeN3/c1-55(2)45-30-16-12-26-39(45)43-35-50-44(34-46(43)55)40-27-14-18-32-48(40)59(50)49-33-19-15-29-42(49)54-57-52(36-20-6-3-7-21-36)51-41-28-13-17-31-47(41)56(53(51)58-54,37-22-8-4-9-23-37)38-24-10-5-11-25-38/h3-35H,1-2H3. The summed E-state index contributed by atoms with van der Waals surface area (Å²) >= 11 is -3.73. The zero-order chi connectivity index (χ0) is 39.3. The van der Waals surface area contributed by atoms with Crippen LogP contribution in [0.1, 0.15) is 25.0 Å². The summed E-state index contributed by atoms with van der Waals surface area (Å²) in [7, 11) is 0. The summed E-state index contributed by atoms with van der Waals surface area (Å²) < 4.78 is 7.77. The quantitative estimate of drug-likeness (QED) is 0.162. The summed E-state index contributed by atoms with van der Waals surface area (Å²) in [6, 6.07) is 73.6. The van der Waals surface area contributed by atoms with E-state index < -0.39 is 13.3 Å². The molecule has 1 aliphatic carbocycles. The van der Waals surface area contributed by atoms with E-state index in [1.54, 1.807) is 0 Å². The Hall–Kier alpha value is -6.82. The fourth-order valence-electron chi connectivity index (χ4n) is 10.5. The van der Waals surface area contributed by atoms with Gasteiger partial charge in [0.25, 0.3) is 0 Å². The number of benzene rings is 8. The van der Waals surface area contributed by atoms with Crippen molar-refractivity contribution in [3.63, 3.8) is 0 Å². The molecule has 2 aliphatic rings. The maximum atomic E-state index is 5.93. The fraction of sp³-hybridized carbons (Fsp3) is 0.0545. The Kier molecular flexibility index (Phi) is 7.45. The molecule has 0 amide bonds. The topological polar surface area (TPSA) is 30.7 Å². The molecule has 8 aromatic carbocycles. The molecule has 0 bridgehead atoms. The van der Waals surface area contributed by atoms with Crippen LogP contribution in [0.4, 0.5) is 0 Å². The molecule has 3 nitrogen and oxygen atoms in total. The number of hydrogen-bond donors (Lipinski definition) is 0. The van der Waals surface area contributed by atoms with Crippen molar-refractivity contribution in [2.75, 3.05) is 0 Å². The van der Waals surface area contributed by atoms with Crippen LogP contribution in [0.3, 0.4) is 0 Å². The van der Waals surface area contributed by atoms with Crippen LogP contribution in [-0.4, -0.2) is 27.8 Å². The van der Waals surface area contributed by atoms with Gasteiger partial charge in [0, 0.05) is 0 Å². The third-order valence-corrected chi connectivity index (χ3v) is 23.0. The molecule has 12 rings (SSSR count). The first-order valence-electron chi connectivity index (χ1n) is 20.5. The van der Waals surface area contributed by atoms with E-state index in [4.69, 9.17) is 9.97 Å². The molecule has 278 valence electrons. The summed E-state index contributed by atoms with van der Waals surface area (Å²) in [6.07, 6.45) is 0. The van der Waals surface area contributed by atoms with E-state index in [1.807, 2.05) is 0 Å². The Balaban J connectivity index is 1.19. The molecule has 0 atom stereocenters. The molecule has 59 heavy (non-hydrogen) atoms. The summed E-state index contributed by atoms with van der Waals surface area (Å²) in [5.41, 5.74) is 14.2. The predicted octanol–water partition coefficient (Wildman–Crippen LogP) is 10.6. The Labute approximate surface area is 346 Å². The molecule has 0 spiro atoms. The van der Waals surface area contributed by atoms with E-state index in [-0.39, 0.29) is 5.41 Å². The first-order valence-corrected chi connectivity index (χ1v) is 24.7. The van der Waals surface area contributed by atoms with E-state index in [2.05, 4.69) is 219 Å². The molecule has 0 radical (unpaired) electrons. The van der Waals surface area contributed by atoms with E-state index in [1.165, 1.54) is 67.3 Å². The summed E-state index contributed by atoms with van der Waals surface area (Å²) in [6.45, 7) is 4.72. The minimum absolute atomic E-state index is 0.0971. The van der Waals surface area contributed by atoms with Crippen molar-refractivity contribution < 1.29 is 0 Å². The zero-order valence-corrected chi connectivity index (χ0v) is 35.0. The molecule has 0 saturated carbocycles. The van der Waals surface area contributed by atoms with Gasteiger partial charge in [0.1, 0.15) is 0 Å². The average molecular weight is 815 g/mol. The second-order valence-corrected chi connectivity index (χ2v) is 24.2. The van der Waals surface area contributed by atoms with E-state index >= 15 is 0 Å². The maximum absolute atomic E-state index is 5.93. The monoisotopic (exact) mass is 815 g/mol. The molecular weight excluding hydrogens is 775 g/mol. The number of rotatable bonds is 5. The Morgan fingerprint density at radius 1 is 0.458 bits per heavy atom. The van der Waals surface area contributed by atoms with Gasteiger partial charge < -0.3 is 0 Å². The van der Waals surface area contributed by atoms with Gasteiger partial charge in [-0.1, -0.05) is 6.07 Å². The predicted molar refractivity (Wildman–Crippen MR) is 247 cm³/mol. The summed E-state index contributed by atoms with van der Waals surface area (Å²) in [5.74, 6) is 0.742.